The van der Waals surface area contributed by atoms with Crippen molar-refractivity contribution in [2.24, 2.45) is 5.10 Å². The third-order valence-corrected chi connectivity index (χ3v) is 2.48. The highest BCUT2D eigenvalue weighted by Crippen LogP contribution is 2.09. The van der Waals surface area contributed by atoms with Crippen molar-refractivity contribution < 1.29 is 4.74 Å². The zero-order valence-corrected chi connectivity index (χ0v) is 10.7. The van der Waals surface area contributed by atoms with Crippen molar-refractivity contribution in [1.29, 1.82) is 0 Å². The van der Waals surface area contributed by atoms with E-state index in [1.54, 1.807) is 20.2 Å². The minimum atomic E-state index is -0.183. The van der Waals surface area contributed by atoms with Crippen molar-refractivity contribution in [3.63, 3.8) is 0 Å². The molecule has 0 aliphatic rings. The van der Waals surface area contributed by atoms with Crippen LogP contribution in [0.25, 0.3) is 0 Å². The van der Waals surface area contributed by atoms with E-state index >= 15 is 0 Å². The summed E-state index contributed by atoms with van der Waals surface area (Å²) >= 11 is 0. The van der Waals surface area contributed by atoms with E-state index in [0.717, 1.165) is 11.3 Å². The molecule has 0 bridgehead atoms. The molecule has 0 fully saturated rings. The van der Waals surface area contributed by atoms with Gasteiger partial charge in [-0.15, -0.1) is 0 Å². The van der Waals surface area contributed by atoms with Gasteiger partial charge in [0.25, 0.3) is 5.56 Å². The second-order valence-corrected chi connectivity index (χ2v) is 3.89. The Balaban J connectivity index is 2.02. The van der Waals surface area contributed by atoms with Crippen molar-refractivity contribution in [2.45, 2.75) is 6.92 Å². The molecular formula is C13H14N4O2. The molecule has 6 nitrogen and oxygen atoms in total. The van der Waals surface area contributed by atoms with Crippen LogP contribution in [0.4, 0.5) is 5.95 Å². The summed E-state index contributed by atoms with van der Waals surface area (Å²) in [7, 11) is 1.62. The lowest BCUT2D eigenvalue weighted by atomic mass is 10.2. The predicted octanol–water partition coefficient (Wildman–Crippen LogP) is 1.53. The average Bonchev–Trinajstić information content (AvgIpc) is 2.43. The van der Waals surface area contributed by atoms with Gasteiger partial charge in [-0.2, -0.15) is 5.10 Å². The molecule has 2 rings (SSSR count). The van der Waals surface area contributed by atoms with Crippen LogP contribution >= 0.6 is 0 Å². The normalized spacial score (nSPS) is 10.6. The first-order chi connectivity index (χ1) is 9.19. The molecule has 19 heavy (non-hydrogen) atoms. The number of hydrazone groups is 1. The molecule has 2 N–H and O–H groups in total. The van der Waals surface area contributed by atoms with E-state index in [9.17, 15) is 4.79 Å². The maximum absolute atomic E-state index is 11.3. The zero-order valence-electron chi connectivity index (χ0n) is 10.7. The van der Waals surface area contributed by atoms with Gasteiger partial charge in [0.2, 0.25) is 5.95 Å². The molecule has 0 atom stereocenters. The highest BCUT2D eigenvalue weighted by Gasteiger charge is 1.96. The SMILES string of the molecule is COc1ccc(/C=N/Nc2ncc(C)c(=O)[nH]2)cc1. The van der Waals surface area contributed by atoms with Gasteiger partial charge in [-0.1, -0.05) is 0 Å². The first-order valence-corrected chi connectivity index (χ1v) is 5.68. The quantitative estimate of drug-likeness (QED) is 0.644. The number of hydrogen-bond acceptors (Lipinski definition) is 5. The van der Waals surface area contributed by atoms with Crippen molar-refractivity contribution in [1.82, 2.24) is 9.97 Å². The van der Waals surface area contributed by atoms with E-state index in [0.29, 0.717) is 11.5 Å². The molecule has 1 aromatic carbocycles. The van der Waals surface area contributed by atoms with Gasteiger partial charge in [-0.05, 0) is 36.8 Å². The Morgan fingerprint density at radius 3 is 2.74 bits per heavy atom. The molecule has 0 saturated carbocycles. The summed E-state index contributed by atoms with van der Waals surface area (Å²) in [5.41, 5.74) is 3.94. The zero-order chi connectivity index (χ0) is 13.7. The Kier molecular flexibility index (Phi) is 3.92. The molecular weight excluding hydrogens is 244 g/mol. The van der Waals surface area contributed by atoms with Gasteiger partial charge in [-0.25, -0.2) is 10.4 Å². The molecule has 0 aliphatic heterocycles. The highest BCUT2D eigenvalue weighted by molar-refractivity contribution is 5.80. The number of ether oxygens (including phenoxy) is 1. The Hall–Kier alpha value is -2.63. The van der Waals surface area contributed by atoms with Crippen LogP contribution in [0.3, 0.4) is 0 Å². The van der Waals surface area contributed by atoms with E-state index in [2.05, 4.69) is 20.5 Å². The van der Waals surface area contributed by atoms with E-state index in [1.807, 2.05) is 24.3 Å². The van der Waals surface area contributed by atoms with Crippen LogP contribution in [0.1, 0.15) is 11.1 Å². The summed E-state index contributed by atoms with van der Waals surface area (Å²) in [6.07, 6.45) is 3.11. The fraction of sp³-hybridized carbons (Fsp3) is 0.154. The molecule has 0 unspecified atom stereocenters. The largest absolute Gasteiger partial charge is 0.497 e. The number of anilines is 1. The van der Waals surface area contributed by atoms with Crippen molar-refractivity contribution in [3.05, 3.63) is 51.9 Å². The molecule has 1 heterocycles. The number of aromatic amines is 1. The summed E-state index contributed by atoms with van der Waals surface area (Å²) in [5.74, 6) is 1.09. The van der Waals surface area contributed by atoms with Crippen molar-refractivity contribution in [2.75, 3.05) is 12.5 Å². The Morgan fingerprint density at radius 1 is 1.37 bits per heavy atom. The predicted molar refractivity (Wildman–Crippen MR) is 73.8 cm³/mol. The lowest BCUT2D eigenvalue weighted by Crippen LogP contribution is -2.12. The molecule has 0 spiro atoms. The van der Waals surface area contributed by atoms with Gasteiger partial charge >= 0.3 is 0 Å². The van der Waals surface area contributed by atoms with Crippen molar-refractivity contribution in [3.8, 4) is 5.75 Å². The van der Waals surface area contributed by atoms with Crippen LogP contribution < -0.4 is 15.7 Å². The lowest BCUT2D eigenvalue weighted by molar-refractivity contribution is 0.415. The summed E-state index contributed by atoms with van der Waals surface area (Å²) in [6.45, 7) is 1.69. The van der Waals surface area contributed by atoms with Gasteiger partial charge in [0, 0.05) is 11.8 Å². The standard InChI is InChI=1S/C13H14N4O2/c1-9-7-14-13(16-12(9)18)17-15-8-10-3-5-11(19-2)6-4-10/h3-8H,1-2H3,(H2,14,16,17,18)/b15-8+. The smallest absolute Gasteiger partial charge is 0.255 e. The molecule has 0 amide bonds. The molecule has 6 heteroatoms. The lowest BCUT2D eigenvalue weighted by Gasteiger charge is -2.00. The minimum absolute atomic E-state index is 0.183. The summed E-state index contributed by atoms with van der Waals surface area (Å²) in [6, 6.07) is 7.42. The molecule has 0 aliphatic carbocycles. The number of nitrogens with one attached hydrogen (secondary N) is 2. The topological polar surface area (TPSA) is 79.4 Å². The van der Waals surface area contributed by atoms with Gasteiger partial charge in [0.1, 0.15) is 5.75 Å². The van der Waals surface area contributed by atoms with Gasteiger partial charge in [0.05, 0.1) is 13.3 Å². The monoisotopic (exact) mass is 258 g/mol. The second kappa shape index (κ2) is 5.81. The molecule has 2 aromatic rings. The van der Waals surface area contributed by atoms with Gasteiger partial charge < -0.3 is 4.74 Å². The summed E-state index contributed by atoms with van der Waals surface area (Å²) in [4.78, 5) is 17.9. The molecule has 1 aromatic heterocycles. The first kappa shape index (κ1) is 12.8. The Morgan fingerprint density at radius 2 is 2.11 bits per heavy atom. The van der Waals surface area contributed by atoms with E-state index < -0.39 is 0 Å². The van der Waals surface area contributed by atoms with E-state index in [1.165, 1.54) is 6.20 Å². The second-order valence-electron chi connectivity index (χ2n) is 3.89. The van der Waals surface area contributed by atoms with Crippen LogP contribution in [-0.2, 0) is 0 Å². The maximum atomic E-state index is 11.3. The number of aryl methyl sites for hydroxylation is 1. The summed E-state index contributed by atoms with van der Waals surface area (Å²) in [5, 5.41) is 3.99. The number of rotatable bonds is 4. The van der Waals surface area contributed by atoms with Crippen LogP contribution in [0.15, 0.2) is 40.4 Å². The number of aromatic nitrogens is 2. The number of benzene rings is 1. The van der Waals surface area contributed by atoms with Crippen LogP contribution in [-0.4, -0.2) is 23.3 Å². The molecule has 0 radical (unpaired) electrons. The molecule has 98 valence electrons. The number of H-pyrrole nitrogens is 1. The molecule has 0 saturated heterocycles. The van der Waals surface area contributed by atoms with Crippen molar-refractivity contribution >= 4 is 12.2 Å². The fourth-order valence-corrected chi connectivity index (χ4v) is 1.37. The fourth-order valence-electron chi connectivity index (χ4n) is 1.37. The van der Waals surface area contributed by atoms with Crippen LogP contribution in [0.2, 0.25) is 0 Å². The Bertz CT molecular complexity index is 632. The van der Waals surface area contributed by atoms with E-state index in [-0.39, 0.29) is 5.56 Å². The summed E-state index contributed by atoms with van der Waals surface area (Å²) < 4.78 is 5.06. The van der Waals surface area contributed by atoms with Gasteiger partial charge in [0.15, 0.2) is 0 Å². The van der Waals surface area contributed by atoms with Gasteiger partial charge in [-0.3, -0.25) is 9.78 Å². The third-order valence-electron chi connectivity index (χ3n) is 2.48. The average molecular weight is 258 g/mol. The van der Waals surface area contributed by atoms with Crippen LogP contribution in [0, 0.1) is 6.92 Å². The number of nitrogens with zero attached hydrogens (tertiary/aromatic N) is 2. The first-order valence-electron chi connectivity index (χ1n) is 5.68. The maximum Gasteiger partial charge on any atom is 0.255 e. The third kappa shape index (κ3) is 3.41. The van der Waals surface area contributed by atoms with E-state index in [4.69, 9.17) is 4.74 Å². The van der Waals surface area contributed by atoms with Crippen LogP contribution in [0.5, 0.6) is 5.75 Å². The number of methoxy groups -OCH3 is 1. The Labute approximate surface area is 110 Å². The highest BCUT2D eigenvalue weighted by atomic mass is 16.5. The number of hydrogen-bond donors (Lipinski definition) is 2. The minimum Gasteiger partial charge on any atom is -0.497 e.